The van der Waals surface area contributed by atoms with E-state index < -0.39 is 0 Å². The summed E-state index contributed by atoms with van der Waals surface area (Å²) >= 11 is 0. The van der Waals surface area contributed by atoms with E-state index in [-0.39, 0.29) is 12.0 Å². The van der Waals surface area contributed by atoms with Crippen molar-refractivity contribution in [3.05, 3.63) is 0 Å². The summed E-state index contributed by atoms with van der Waals surface area (Å²) in [6, 6.07) is 0.505. The number of ether oxygens (including phenoxy) is 2. The normalized spacial score (nSPS) is 27.9. The molecule has 1 unspecified atom stereocenters. The van der Waals surface area contributed by atoms with Crippen LogP contribution in [0.4, 0.5) is 0 Å². The van der Waals surface area contributed by atoms with E-state index in [0.717, 1.165) is 45.4 Å². The van der Waals surface area contributed by atoms with Crippen LogP contribution in [-0.4, -0.2) is 49.3 Å². The molecule has 2 aliphatic heterocycles. The molecule has 2 saturated heterocycles. The topological polar surface area (TPSA) is 38.8 Å². The Bertz CT molecular complexity index is 251. The highest BCUT2D eigenvalue weighted by atomic mass is 16.5. The average Bonchev–Trinajstić information content (AvgIpc) is 2.40. The predicted molar refractivity (Wildman–Crippen MR) is 64.8 cm³/mol. The van der Waals surface area contributed by atoms with Crippen molar-refractivity contribution in [1.82, 2.24) is 4.90 Å². The van der Waals surface area contributed by atoms with E-state index in [1.807, 2.05) is 6.92 Å². The van der Waals surface area contributed by atoms with E-state index in [1.54, 1.807) is 0 Å². The Labute approximate surface area is 103 Å². The molecule has 0 aromatic rings. The second-order valence-corrected chi connectivity index (χ2v) is 4.85. The summed E-state index contributed by atoms with van der Waals surface area (Å²) in [6.07, 6.45) is 5.40. The molecule has 2 fully saturated rings. The standard InChI is InChI=1S/C13H23NO3/c1-2-17-13(15)12-5-3-4-8-14(12)11-6-9-16-10-7-11/h11-12H,2-10H2,1H3. The third-order valence-electron chi connectivity index (χ3n) is 3.76. The Kier molecular flexibility index (Phi) is 4.80. The van der Waals surface area contributed by atoms with Crippen LogP contribution < -0.4 is 0 Å². The van der Waals surface area contributed by atoms with Crippen LogP contribution in [0.3, 0.4) is 0 Å². The van der Waals surface area contributed by atoms with Crippen molar-refractivity contribution >= 4 is 5.97 Å². The van der Waals surface area contributed by atoms with Crippen LogP contribution in [0.25, 0.3) is 0 Å². The minimum Gasteiger partial charge on any atom is -0.465 e. The average molecular weight is 241 g/mol. The van der Waals surface area contributed by atoms with Gasteiger partial charge in [0.2, 0.25) is 0 Å². The van der Waals surface area contributed by atoms with Crippen LogP contribution in [0.15, 0.2) is 0 Å². The molecule has 0 aromatic heterocycles. The van der Waals surface area contributed by atoms with Gasteiger partial charge in [0, 0.05) is 19.3 Å². The molecule has 0 spiro atoms. The van der Waals surface area contributed by atoms with Crippen LogP contribution in [0, 0.1) is 0 Å². The molecule has 0 amide bonds. The molecule has 0 aliphatic carbocycles. The fourth-order valence-electron chi connectivity index (χ4n) is 2.90. The molecular weight excluding hydrogens is 218 g/mol. The fourth-order valence-corrected chi connectivity index (χ4v) is 2.90. The lowest BCUT2D eigenvalue weighted by atomic mass is 9.96. The molecule has 0 saturated carbocycles. The first-order valence-corrected chi connectivity index (χ1v) is 6.83. The van der Waals surface area contributed by atoms with Gasteiger partial charge in [-0.3, -0.25) is 9.69 Å². The molecule has 4 heteroatoms. The van der Waals surface area contributed by atoms with E-state index in [9.17, 15) is 4.79 Å². The molecule has 0 aromatic carbocycles. The molecule has 2 rings (SSSR count). The van der Waals surface area contributed by atoms with Gasteiger partial charge in [0.05, 0.1) is 6.61 Å². The third kappa shape index (κ3) is 3.19. The predicted octanol–water partition coefficient (Wildman–Crippen LogP) is 1.58. The van der Waals surface area contributed by atoms with Crippen molar-refractivity contribution in [3.8, 4) is 0 Å². The maximum absolute atomic E-state index is 12.0. The lowest BCUT2D eigenvalue weighted by Crippen LogP contribution is -2.52. The molecular formula is C13H23NO3. The van der Waals surface area contributed by atoms with Crippen molar-refractivity contribution in [3.63, 3.8) is 0 Å². The second kappa shape index (κ2) is 6.36. The molecule has 0 N–H and O–H groups in total. The third-order valence-corrected chi connectivity index (χ3v) is 3.76. The first kappa shape index (κ1) is 12.8. The van der Waals surface area contributed by atoms with Gasteiger partial charge in [-0.05, 0) is 39.2 Å². The summed E-state index contributed by atoms with van der Waals surface area (Å²) in [5.41, 5.74) is 0. The molecule has 98 valence electrons. The minimum atomic E-state index is -0.0290. The van der Waals surface area contributed by atoms with Crippen LogP contribution >= 0.6 is 0 Å². The fraction of sp³-hybridized carbons (Fsp3) is 0.923. The van der Waals surface area contributed by atoms with Crippen molar-refractivity contribution in [2.24, 2.45) is 0 Å². The van der Waals surface area contributed by atoms with Crippen molar-refractivity contribution in [2.45, 2.75) is 51.1 Å². The number of carbonyl (C=O) groups is 1. The van der Waals surface area contributed by atoms with Crippen molar-refractivity contribution in [2.75, 3.05) is 26.4 Å². The Hall–Kier alpha value is -0.610. The Morgan fingerprint density at radius 2 is 2.06 bits per heavy atom. The number of likely N-dealkylation sites (tertiary alicyclic amines) is 1. The number of rotatable bonds is 3. The first-order valence-electron chi connectivity index (χ1n) is 6.83. The summed E-state index contributed by atoms with van der Waals surface area (Å²) in [5, 5.41) is 0. The molecule has 0 bridgehead atoms. The zero-order valence-corrected chi connectivity index (χ0v) is 10.7. The largest absolute Gasteiger partial charge is 0.465 e. The summed E-state index contributed by atoms with van der Waals surface area (Å²) in [6.45, 7) is 5.05. The number of piperidine rings is 1. The molecule has 4 nitrogen and oxygen atoms in total. The highest BCUT2D eigenvalue weighted by Gasteiger charge is 2.34. The van der Waals surface area contributed by atoms with Gasteiger partial charge in [0.1, 0.15) is 6.04 Å². The summed E-state index contributed by atoms with van der Waals surface area (Å²) in [5.74, 6) is -0.0290. The van der Waals surface area contributed by atoms with Gasteiger partial charge in [-0.2, -0.15) is 0 Å². The van der Waals surface area contributed by atoms with Gasteiger partial charge in [0.15, 0.2) is 0 Å². The van der Waals surface area contributed by atoms with Gasteiger partial charge in [-0.25, -0.2) is 0 Å². The highest BCUT2D eigenvalue weighted by Crippen LogP contribution is 2.25. The lowest BCUT2D eigenvalue weighted by Gasteiger charge is -2.41. The van der Waals surface area contributed by atoms with Gasteiger partial charge < -0.3 is 9.47 Å². The second-order valence-electron chi connectivity index (χ2n) is 4.85. The zero-order valence-electron chi connectivity index (χ0n) is 10.7. The maximum Gasteiger partial charge on any atom is 0.323 e. The smallest absolute Gasteiger partial charge is 0.323 e. The minimum absolute atomic E-state index is 0.00759. The van der Waals surface area contributed by atoms with Crippen LogP contribution in [0.1, 0.15) is 39.0 Å². The van der Waals surface area contributed by atoms with Gasteiger partial charge in [-0.1, -0.05) is 6.42 Å². The highest BCUT2D eigenvalue weighted by molar-refractivity contribution is 5.75. The van der Waals surface area contributed by atoms with E-state index in [4.69, 9.17) is 9.47 Å². The molecule has 0 radical (unpaired) electrons. The quantitative estimate of drug-likeness (QED) is 0.703. The monoisotopic (exact) mass is 241 g/mol. The van der Waals surface area contributed by atoms with E-state index in [0.29, 0.717) is 12.6 Å². The van der Waals surface area contributed by atoms with Crippen LogP contribution in [0.5, 0.6) is 0 Å². The molecule has 2 aliphatic rings. The SMILES string of the molecule is CCOC(=O)C1CCCCN1C1CCOCC1. The van der Waals surface area contributed by atoms with Crippen LogP contribution in [0.2, 0.25) is 0 Å². The Morgan fingerprint density at radius 1 is 1.29 bits per heavy atom. The van der Waals surface area contributed by atoms with E-state index in [1.165, 1.54) is 6.42 Å². The number of nitrogens with zero attached hydrogens (tertiary/aromatic N) is 1. The summed E-state index contributed by atoms with van der Waals surface area (Å²) < 4.78 is 10.6. The Balaban J connectivity index is 1.97. The van der Waals surface area contributed by atoms with E-state index >= 15 is 0 Å². The van der Waals surface area contributed by atoms with Gasteiger partial charge >= 0.3 is 5.97 Å². The summed E-state index contributed by atoms with van der Waals surface area (Å²) in [4.78, 5) is 14.3. The lowest BCUT2D eigenvalue weighted by molar-refractivity contribution is -0.153. The van der Waals surface area contributed by atoms with Crippen LogP contribution in [-0.2, 0) is 14.3 Å². The van der Waals surface area contributed by atoms with E-state index in [2.05, 4.69) is 4.90 Å². The van der Waals surface area contributed by atoms with Crippen molar-refractivity contribution in [1.29, 1.82) is 0 Å². The maximum atomic E-state index is 12.0. The number of hydrogen-bond acceptors (Lipinski definition) is 4. The number of carbonyl (C=O) groups excluding carboxylic acids is 1. The first-order chi connectivity index (χ1) is 8.33. The Morgan fingerprint density at radius 3 is 2.76 bits per heavy atom. The van der Waals surface area contributed by atoms with Gasteiger partial charge in [0.25, 0.3) is 0 Å². The summed E-state index contributed by atoms with van der Waals surface area (Å²) in [7, 11) is 0. The molecule has 1 atom stereocenters. The van der Waals surface area contributed by atoms with Crippen molar-refractivity contribution < 1.29 is 14.3 Å². The molecule has 2 heterocycles. The number of esters is 1. The molecule has 17 heavy (non-hydrogen) atoms. The number of hydrogen-bond donors (Lipinski definition) is 0. The van der Waals surface area contributed by atoms with Gasteiger partial charge in [-0.15, -0.1) is 0 Å². The zero-order chi connectivity index (χ0) is 12.1.